The summed E-state index contributed by atoms with van der Waals surface area (Å²) in [4.78, 5) is 1.90. The minimum Gasteiger partial charge on any atom is -0.389 e. The van der Waals surface area contributed by atoms with Gasteiger partial charge in [0.15, 0.2) is 6.29 Å². The highest BCUT2D eigenvalue weighted by Gasteiger charge is 2.29. The van der Waals surface area contributed by atoms with E-state index in [1.54, 1.807) is 0 Å². The SMILES string of the molecule is CN(C)C1C[C@H](O)OC[C@H]1O. The van der Waals surface area contributed by atoms with Crippen LogP contribution in [0.2, 0.25) is 0 Å². The Balaban J connectivity index is 2.47. The highest BCUT2D eigenvalue weighted by Crippen LogP contribution is 2.15. The third kappa shape index (κ3) is 2.13. The minimum absolute atomic E-state index is 0.0127. The number of hydrogen-bond donors (Lipinski definition) is 2. The topological polar surface area (TPSA) is 52.9 Å². The molecule has 1 aliphatic rings. The lowest BCUT2D eigenvalue weighted by atomic mass is 10.0. The Morgan fingerprint density at radius 1 is 1.36 bits per heavy atom. The summed E-state index contributed by atoms with van der Waals surface area (Å²) in [6.07, 6.45) is -0.715. The van der Waals surface area contributed by atoms with Crippen molar-refractivity contribution in [1.82, 2.24) is 4.90 Å². The van der Waals surface area contributed by atoms with Gasteiger partial charge < -0.3 is 19.8 Å². The van der Waals surface area contributed by atoms with Gasteiger partial charge in [0, 0.05) is 12.5 Å². The Bertz CT molecular complexity index is 129. The van der Waals surface area contributed by atoms with E-state index in [0.717, 1.165) is 0 Å². The van der Waals surface area contributed by atoms with Gasteiger partial charge in [0.1, 0.15) is 0 Å². The second kappa shape index (κ2) is 3.49. The summed E-state index contributed by atoms with van der Waals surface area (Å²) in [5.74, 6) is 0. The molecule has 11 heavy (non-hydrogen) atoms. The lowest BCUT2D eigenvalue weighted by Crippen LogP contribution is -2.48. The molecule has 0 radical (unpaired) electrons. The van der Waals surface area contributed by atoms with E-state index < -0.39 is 12.4 Å². The van der Waals surface area contributed by atoms with Crippen LogP contribution in [0.15, 0.2) is 0 Å². The molecule has 0 aromatic heterocycles. The van der Waals surface area contributed by atoms with Gasteiger partial charge in [-0.25, -0.2) is 0 Å². The van der Waals surface area contributed by atoms with Crippen LogP contribution in [0.5, 0.6) is 0 Å². The van der Waals surface area contributed by atoms with Crippen LogP contribution in [-0.4, -0.2) is 54.3 Å². The van der Waals surface area contributed by atoms with Crippen LogP contribution in [0.3, 0.4) is 0 Å². The smallest absolute Gasteiger partial charge is 0.156 e. The first kappa shape index (κ1) is 8.93. The summed E-state index contributed by atoms with van der Waals surface area (Å²) in [5, 5.41) is 18.5. The van der Waals surface area contributed by atoms with E-state index in [2.05, 4.69) is 0 Å². The average molecular weight is 161 g/mol. The first-order valence-corrected chi connectivity index (χ1v) is 3.75. The second-order valence-electron chi connectivity index (χ2n) is 3.12. The zero-order chi connectivity index (χ0) is 8.43. The largest absolute Gasteiger partial charge is 0.389 e. The van der Waals surface area contributed by atoms with Crippen molar-refractivity contribution in [3.05, 3.63) is 0 Å². The first-order valence-electron chi connectivity index (χ1n) is 3.75. The molecule has 3 atom stereocenters. The quantitative estimate of drug-likeness (QED) is 0.519. The maximum absolute atomic E-state index is 9.38. The zero-order valence-electron chi connectivity index (χ0n) is 6.90. The normalized spacial score (nSPS) is 39.5. The molecule has 1 heterocycles. The molecular formula is C7H15NO3. The molecule has 1 saturated heterocycles. The van der Waals surface area contributed by atoms with Crippen molar-refractivity contribution in [2.24, 2.45) is 0 Å². The highest BCUT2D eigenvalue weighted by molar-refractivity contribution is 4.79. The summed E-state index contributed by atoms with van der Waals surface area (Å²) in [5.41, 5.74) is 0. The monoisotopic (exact) mass is 161 g/mol. The molecule has 0 bridgehead atoms. The van der Waals surface area contributed by atoms with Gasteiger partial charge >= 0.3 is 0 Å². The van der Waals surface area contributed by atoms with E-state index >= 15 is 0 Å². The Morgan fingerprint density at radius 3 is 2.45 bits per heavy atom. The van der Waals surface area contributed by atoms with Gasteiger partial charge in [-0.3, -0.25) is 0 Å². The summed E-state index contributed by atoms with van der Waals surface area (Å²) in [6.45, 7) is 0.226. The Kier molecular flexibility index (Phi) is 2.84. The molecule has 2 N–H and O–H groups in total. The molecule has 4 nitrogen and oxygen atoms in total. The van der Waals surface area contributed by atoms with Gasteiger partial charge in [-0.1, -0.05) is 0 Å². The minimum atomic E-state index is -0.717. The number of ether oxygens (including phenoxy) is 1. The molecule has 0 spiro atoms. The van der Waals surface area contributed by atoms with Crippen LogP contribution in [-0.2, 0) is 4.74 Å². The molecule has 0 aromatic rings. The Labute approximate surface area is 66.4 Å². The van der Waals surface area contributed by atoms with Gasteiger partial charge in [0.2, 0.25) is 0 Å². The maximum atomic E-state index is 9.38. The lowest BCUT2D eigenvalue weighted by Gasteiger charge is -2.35. The van der Waals surface area contributed by atoms with E-state index in [9.17, 15) is 5.11 Å². The van der Waals surface area contributed by atoms with Crippen LogP contribution >= 0.6 is 0 Å². The fourth-order valence-electron chi connectivity index (χ4n) is 1.31. The number of nitrogens with zero attached hydrogens (tertiary/aromatic N) is 1. The van der Waals surface area contributed by atoms with Crippen LogP contribution in [0.4, 0.5) is 0 Å². The molecule has 1 unspecified atom stereocenters. The highest BCUT2D eigenvalue weighted by atomic mass is 16.6. The summed E-state index contributed by atoms with van der Waals surface area (Å²) >= 11 is 0. The van der Waals surface area contributed by atoms with Crippen LogP contribution in [0.1, 0.15) is 6.42 Å². The standard InChI is InChI=1S/C7H15NO3/c1-8(2)5-3-7(10)11-4-6(5)9/h5-7,9-10H,3-4H2,1-2H3/t5?,6-,7-/m1/s1. The zero-order valence-corrected chi connectivity index (χ0v) is 6.90. The van der Waals surface area contributed by atoms with Crippen LogP contribution < -0.4 is 0 Å². The second-order valence-corrected chi connectivity index (χ2v) is 3.12. The van der Waals surface area contributed by atoms with E-state index in [1.807, 2.05) is 19.0 Å². The van der Waals surface area contributed by atoms with Crippen molar-refractivity contribution < 1.29 is 14.9 Å². The Hall–Kier alpha value is -0.160. The molecule has 0 saturated carbocycles. The van der Waals surface area contributed by atoms with Crippen molar-refractivity contribution in [3.63, 3.8) is 0 Å². The van der Waals surface area contributed by atoms with Crippen LogP contribution in [0.25, 0.3) is 0 Å². The molecule has 66 valence electrons. The number of aliphatic hydroxyl groups excluding tert-OH is 2. The van der Waals surface area contributed by atoms with Gasteiger partial charge in [-0.2, -0.15) is 0 Å². The summed E-state index contributed by atoms with van der Waals surface area (Å²) < 4.78 is 4.85. The third-order valence-electron chi connectivity index (χ3n) is 2.01. The molecule has 4 heteroatoms. The average Bonchev–Trinajstić information content (AvgIpc) is 1.94. The predicted octanol–water partition coefficient (Wildman–Crippen LogP) is -0.984. The van der Waals surface area contributed by atoms with Crippen LogP contribution in [0, 0.1) is 0 Å². The van der Waals surface area contributed by atoms with Crippen molar-refractivity contribution in [2.45, 2.75) is 24.9 Å². The molecule has 1 fully saturated rings. The van der Waals surface area contributed by atoms with Crippen molar-refractivity contribution >= 4 is 0 Å². The molecule has 1 rings (SSSR count). The molecule has 0 aliphatic carbocycles. The molecular weight excluding hydrogens is 146 g/mol. The molecule has 0 aromatic carbocycles. The maximum Gasteiger partial charge on any atom is 0.156 e. The van der Waals surface area contributed by atoms with Crippen molar-refractivity contribution in [1.29, 1.82) is 0 Å². The molecule has 0 amide bonds. The third-order valence-corrected chi connectivity index (χ3v) is 2.01. The van der Waals surface area contributed by atoms with E-state index in [1.165, 1.54) is 0 Å². The van der Waals surface area contributed by atoms with Gasteiger partial charge in [-0.05, 0) is 14.1 Å². The summed E-state index contributed by atoms with van der Waals surface area (Å²) in [7, 11) is 3.76. The fourth-order valence-corrected chi connectivity index (χ4v) is 1.31. The van der Waals surface area contributed by atoms with E-state index in [0.29, 0.717) is 6.42 Å². The predicted molar refractivity (Wildman–Crippen MR) is 40.1 cm³/mol. The lowest BCUT2D eigenvalue weighted by molar-refractivity contribution is -0.178. The van der Waals surface area contributed by atoms with Gasteiger partial charge in [-0.15, -0.1) is 0 Å². The number of rotatable bonds is 1. The Morgan fingerprint density at radius 2 is 2.00 bits per heavy atom. The fraction of sp³-hybridized carbons (Fsp3) is 1.00. The van der Waals surface area contributed by atoms with E-state index in [4.69, 9.17) is 9.84 Å². The number of aliphatic hydroxyl groups is 2. The van der Waals surface area contributed by atoms with Gasteiger partial charge in [0.05, 0.1) is 12.7 Å². The first-order chi connectivity index (χ1) is 5.11. The van der Waals surface area contributed by atoms with Crippen molar-refractivity contribution in [3.8, 4) is 0 Å². The number of hydrogen-bond acceptors (Lipinski definition) is 4. The van der Waals surface area contributed by atoms with E-state index in [-0.39, 0.29) is 12.6 Å². The van der Waals surface area contributed by atoms with Gasteiger partial charge in [0.25, 0.3) is 0 Å². The van der Waals surface area contributed by atoms with Crippen molar-refractivity contribution in [2.75, 3.05) is 20.7 Å². The summed E-state index contributed by atoms with van der Waals surface area (Å²) in [6, 6.07) is 0.0127. The molecule has 1 aliphatic heterocycles. The number of likely N-dealkylation sites (N-methyl/N-ethyl adjacent to an activating group) is 1.